The van der Waals surface area contributed by atoms with Crippen molar-refractivity contribution in [1.82, 2.24) is 4.90 Å². The van der Waals surface area contributed by atoms with Crippen LogP contribution in [0.2, 0.25) is 0 Å². The van der Waals surface area contributed by atoms with E-state index < -0.39 is 0 Å². The Labute approximate surface area is 114 Å². The Morgan fingerprint density at radius 3 is 2.63 bits per heavy atom. The Balaban J connectivity index is 2.07. The predicted octanol–water partition coefficient (Wildman–Crippen LogP) is 3.71. The summed E-state index contributed by atoms with van der Waals surface area (Å²) in [5, 5.41) is 8.88. The lowest BCUT2D eigenvalue weighted by atomic mass is 9.82. The van der Waals surface area contributed by atoms with Crippen LogP contribution in [0.4, 0.5) is 4.39 Å². The highest BCUT2D eigenvalue weighted by atomic mass is 19.1. The van der Waals surface area contributed by atoms with Crippen molar-refractivity contribution < 1.29 is 4.39 Å². The maximum Gasteiger partial charge on any atom is 0.124 e. The number of likely N-dealkylation sites (tertiary alicyclic amines) is 1. The summed E-state index contributed by atoms with van der Waals surface area (Å²) in [4.78, 5) is 2.38. The molecule has 0 spiro atoms. The largest absolute Gasteiger partial charge is 0.299 e. The maximum absolute atomic E-state index is 13.4. The molecule has 0 N–H and O–H groups in total. The molecule has 1 aliphatic heterocycles. The molecular formula is C16H21FN2. The molecule has 0 atom stereocenters. The molecule has 0 unspecified atom stereocenters. The molecule has 0 bridgehead atoms. The molecule has 0 amide bonds. The van der Waals surface area contributed by atoms with Crippen LogP contribution in [0.1, 0.15) is 44.2 Å². The Hall–Kier alpha value is -1.40. The standard InChI is InChI=1S/C16H21FN2/c1-3-16(4-2)5-6-19(12-16)11-14-7-13(10-18)8-15(17)9-14/h7-9H,3-6,11-12H2,1-2H3. The van der Waals surface area contributed by atoms with Gasteiger partial charge in [0.25, 0.3) is 0 Å². The lowest BCUT2D eigenvalue weighted by Crippen LogP contribution is -2.26. The molecule has 102 valence electrons. The molecule has 0 saturated carbocycles. The summed E-state index contributed by atoms with van der Waals surface area (Å²) in [5.74, 6) is -0.314. The molecule has 1 fully saturated rings. The number of halogens is 1. The average Bonchev–Trinajstić information content (AvgIpc) is 2.82. The third-order valence-electron chi connectivity index (χ3n) is 4.51. The molecule has 1 aromatic carbocycles. The van der Waals surface area contributed by atoms with Crippen molar-refractivity contribution in [2.24, 2.45) is 5.41 Å². The monoisotopic (exact) mass is 260 g/mol. The second-order valence-electron chi connectivity index (χ2n) is 5.63. The van der Waals surface area contributed by atoms with Crippen molar-refractivity contribution in [2.45, 2.75) is 39.7 Å². The Morgan fingerprint density at radius 2 is 2.05 bits per heavy atom. The summed E-state index contributed by atoms with van der Waals surface area (Å²) in [6, 6.07) is 6.63. The van der Waals surface area contributed by atoms with Crippen LogP contribution in [0.25, 0.3) is 0 Å². The first-order chi connectivity index (χ1) is 9.10. The summed E-state index contributed by atoms with van der Waals surface area (Å²) >= 11 is 0. The van der Waals surface area contributed by atoms with E-state index in [2.05, 4.69) is 18.7 Å². The van der Waals surface area contributed by atoms with E-state index in [0.29, 0.717) is 11.0 Å². The third kappa shape index (κ3) is 3.13. The van der Waals surface area contributed by atoms with Gasteiger partial charge in [0.2, 0.25) is 0 Å². The molecular weight excluding hydrogens is 239 g/mol. The fourth-order valence-corrected chi connectivity index (χ4v) is 3.05. The summed E-state index contributed by atoms with van der Waals surface area (Å²) in [6.45, 7) is 7.40. The molecule has 1 aromatic rings. The minimum Gasteiger partial charge on any atom is -0.299 e. The normalized spacial score (nSPS) is 18.4. The van der Waals surface area contributed by atoms with E-state index in [0.717, 1.165) is 25.2 Å². The van der Waals surface area contributed by atoms with Gasteiger partial charge in [0.1, 0.15) is 5.82 Å². The number of rotatable bonds is 4. The molecule has 2 nitrogen and oxygen atoms in total. The highest BCUT2D eigenvalue weighted by molar-refractivity contribution is 5.33. The van der Waals surface area contributed by atoms with Crippen LogP contribution in [0.5, 0.6) is 0 Å². The van der Waals surface area contributed by atoms with Gasteiger partial charge in [-0.25, -0.2) is 4.39 Å². The van der Waals surface area contributed by atoms with Crippen molar-refractivity contribution in [3.63, 3.8) is 0 Å². The van der Waals surface area contributed by atoms with Crippen LogP contribution in [-0.2, 0) is 6.54 Å². The van der Waals surface area contributed by atoms with Crippen molar-refractivity contribution in [2.75, 3.05) is 13.1 Å². The first kappa shape index (κ1) is 14.0. The van der Waals surface area contributed by atoms with Gasteiger partial charge in [-0.2, -0.15) is 5.26 Å². The minimum atomic E-state index is -0.314. The molecule has 1 heterocycles. The first-order valence-electron chi connectivity index (χ1n) is 7.03. The number of benzene rings is 1. The number of hydrogen-bond donors (Lipinski definition) is 0. The van der Waals surface area contributed by atoms with Crippen LogP contribution < -0.4 is 0 Å². The molecule has 0 aromatic heterocycles. The fourth-order valence-electron chi connectivity index (χ4n) is 3.05. The lowest BCUT2D eigenvalue weighted by Gasteiger charge is -2.26. The Kier molecular flexibility index (Phi) is 4.21. The van der Waals surface area contributed by atoms with E-state index in [4.69, 9.17) is 5.26 Å². The van der Waals surface area contributed by atoms with E-state index in [1.807, 2.05) is 6.07 Å². The summed E-state index contributed by atoms with van der Waals surface area (Å²) in [6.07, 6.45) is 3.62. The zero-order valence-electron chi connectivity index (χ0n) is 11.7. The minimum absolute atomic E-state index is 0.314. The fraction of sp³-hybridized carbons (Fsp3) is 0.562. The quantitative estimate of drug-likeness (QED) is 0.825. The van der Waals surface area contributed by atoms with Gasteiger partial charge in [-0.05, 0) is 55.0 Å². The van der Waals surface area contributed by atoms with Gasteiger partial charge in [-0.3, -0.25) is 4.90 Å². The Morgan fingerprint density at radius 1 is 1.32 bits per heavy atom. The average molecular weight is 260 g/mol. The number of hydrogen-bond acceptors (Lipinski definition) is 2. The van der Waals surface area contributed by atoms with Crippen LogP contribution in [0, 0.1) is 22.6 Å². The van der Waals surface area contributed by atoms with E-state index >= 15 is 0 Å². The van der Waals surface area contributed by atoms with E-state index in [9.17, 15) is 4.39 Å². The topological polar surface area (TPSA) is 27.0 Å². The summed E-state index contributed by atoms with van der Waals surface area (Å²) in [5.41, 5.74) is 1.75. The van der Waals surface area contributed by atoms with Crippen LogP contribution in [-0.4, -0.2) is 18.0 Å². The highest BCUT2D eigenvalue weighted by Gasteiger charge is 2.34. The molecule has 0 aliphatic carbocycles. The van der Waals surface area contributed by atoms with Gasteiger partial charge >= 0.3 is 0 Å². The molecule has 19 heavy (non-hydrogen) atoms. The van der Waals surface area contributed by atoms with Crippen molar-refractivity contribution >= 4 is 0 Å². The van der Waals surface area contributed by atoms with Gasteiger partial charge < -0.3 is 0 Å². The van der Waals surface area contributed by atoms with Crippen molar-refractivity contribution in [3.8, 4) is 6.07 Å². The predicted molar refractivity (Wildman–Crippen MR) is 74.0 cm³/mol. The van der Waals surface area contributed by atoms with Crippen molar-refractivity contribution in [1.29, 1.82) is 5.26 Å². The Bertz CT molecular complexity index is 486. The van der Waals surface area contributed by atoms with Crippen molar-refractivity contribution in [3.05, 3.63) is 35.1 Å². The van der Waals surface area contributed by atoms with E-state index in [1.54, 1.807) is 12.1 Å². The van der Waals surface area contributed by atoms with Gasteiger partial charge in [0.15, 0.2) is 0 Å². The van der Waals surface area contributed by atoms with Crippen LogP contribution in [0.15, 0.2) is 18.2 Å². The zero-order chi connectivity index (χ0) is 13.9. The SMILES string of the molecule is CCC1(CC)CCN(Cc2cc(F)cc(C#N)c2)C1. The molecule has 3 heteroatoms. The molecule has 1 aliphatic rings. The third-order valence-corrected chi connectivity index (χ3v) is 4.51. The van der Waals surface area contributed by atoms with Gasteiger partial charge in [-0.15, -0.1) is 0 Å². The highest BCUT2D eigenvalue weighted by Crippen LogP contribution is 2.37. The molecule has 2 rings (SSSR count). The zero-order valence-corrected chi connectivity index (χ0v) is 11.7. The summed E-state index contributed by atoms with van der Waals surface area (Å²) < 4.78 is 13.4. The second-order valence-corrected chi connectivity index (χ2v) is 5.63. The van der Waals surface area contributed by atoms with Crippen LogP contribution >= 0.6 is 0 Å². The molecule has 0 radical (unpaired) electrons. The second kappa shape index (κ2) is 5.71. The van der Waals surface area contributed by atoms with Gasteiger partial charge in [-0.1, -0.05) is 13.8 Å². The number of nitrogens with zero attached hydrogens (tertiary/aromatic N) is 2. The first-order valence-corrected chi connectivity index (χ1v) is 7.03. The molecule has 1 saturated heterocycles. The summed E-state index contributed by atoms with van der Waals surface area (Å²) in [7, 11) is 0. The number of nitriles is 1. The van der Waals surface area contributed by atoms with E-state index in [1.165, 1.54) is 25.3 Å². The smallest absolute Gasteiger partial charge is 0.124 e. The van der Waals surface area contributed by atoms with Gasteiger partial charge in [0, 0.05) is 13.1 Å². The van der Waals surface area contributed by atoms with E-state index in [-0.39, 0.29) is 5.82 Å². The van der Waals surface area contributed by atoms with Gasteiger partial charge in [0.05, 0.1) is 11.6 Å². The maximum atomic E-state index is 13.4. The van der Waals surface area contributed by atoms with Crippen LogP contribution in [0.3, 0.4) is 0 Å². The lowest BCUT2D eigenvalue weighted by molar-refractivity contribution is 0.236.